The van der Waals surface area contributed by atoms with Gasteiger partial charge in [-0.3, -0.25) is 14.9 Å². The molecule has 0 saturated carbocycles. The average molecular weight is 360 g/mol. The molecule has 0 aromatic heterocycles. The number of rotatable bonds is 3. The number of piperazine rings is 1. The molecule has 0 unspecified atom stereocenters. The molecule has 1 heterocycles. The number of halogens is 1. The molecule has 3 rings (SSSR count). The summed E-state index contributed by atoms with van der Waals surface area (Å²) < 4.78 is 0. The molecular weight excluding hydrogens is 342 g/mol. The molecule has 2 aromatic rings. The molecule has 7 heteroatoms. The Labute approximate surface area is 150 Å². The van der Waals surface area contributed by atoms with Crippen LogP contribution in [0.5, 0.6) is 0 Å². The minimum absolute atomic E-state index is 0.0246. The Balaban J connectivity index is 1.69. The fourth-order valence-electron chi connectivity index (χ4n) is 2.96. The smallest absolute Gasteiger partial charge is 0.273 e. The zero-order valence-corrected chi connectivity index (χ0v) is 14.6. The topological polar surface area (TPSA) is 66.7 Å². The van der Waals surface area contributed by atoms with E-state index in [9.17, 15) is 14.9 Å². The molecule has 1 amide bonds. The van der Waals surface area contributed by atoms with Gasteiger partial charge < -0.3 is 9.80 Å². The van der Waals surface area contributed by atoms with E-state index in [4.69, 9.17) is 11.6 Å². The van der Waals surface area contributed by atoms with Gasteiger partial charge in [-0.15, -0.1) is 0 Å². The monoisotopic (exact) mass is 359 g/mol. The highest BCUT2D eigenvalue weighted by Gasteiger charge is 2.24. The van der Waals surface area contributed by atoms with E-state index < -0.39 is 4.92 Å². The van der Waals surface area contributed by atoms with Gasteiger partial charge in [0.1, 0.15) is 0 Å². The number of carbonyl (C=O) groups is 1. The van der Waals surface area contributed by atoms with Crippen molar-refractivity contribution >= 4 is 28.9 Å². The van der Waals surface area contributed by atoms with Gasteiger partial charge in [-0.2, -0.15) is 0 Å². The van der Waals surface area contributed by atoms with Crippen LogP contribution in [0.2, 0.25) is 5.02 Å². The second-order valence-electron chi connectivity index (χ2n) is 6.02. The molecule has 25 heavy (non-hydrogen) atoms. The van der Waals surface area contributed by atoms with Gasteiger partial charge in [0.05, 0.1) is 4.92 Å². The van der Waals surface area contributed by atoms with Crippen LogP contribution in [0, 0.1) is 17.0 Å². The molecule has 130 valence electrons. The van der Waals surface area contributed by atoms with Crippen molar-refractivity contribution in [3.05, 3.63) is 68.7 Å². The highest BCUT2D eigenvalue weighted by molar-refractivity contribution is 6.30. The third kappa shape index (κ3) is 3.74. The molecule has 1 aliphatic rings. The van der Waals surface area contributed by atoms with Gasteiger partial charge in [0, 0.05) is 54.1 Å². The Morgan fingerprint density at radius 1 is 1.12 bits per heavy atom. The first-order chi connectivity index (χ1) is 12.0. The molecule has 0 aliphatic carbocycles. The first-order valence-corrected chi connectivity index (χ1v) is 8.38. The Hall–Kier alpha value is -2.60. The van der Waals surface area contributed by atoms with Crippen LogP contribution in [-0.2, 0) is 0 Å². The number of aryl methyl sites for hydroxylation is 1. The summed E-state index contributed by atoms with van der Waals surface area (Å²) in [6.07, 6.45) is 0. The van der Waals surface area contributed by atoms with Crippen LogP contribution in [0.3, 0.4) is 0 Å². The van der Waals surface area contributed by atoms with E-state index in [1.54, 1.807) is 24.0 Å². The standard InChI is InChI=1S/C18H18ClN3O3/c1-13-5-6-14(11-17(13)22(24)25)18(23)21-9-7-20(8-10-21)16-4-2-3-15(19)12-16/h2-6,11-12H,7-10H2,1H3. The number of hydrogen-bond donors (Lipinski definition) is 0. The van der Waals surface area contributed by atoms with Crippen LogP contribution in [-0.4, -0.2) is 41.9 Å². The first-order valence-electron chi connectivity index (χ1n) is 8.00. The quantitative estimate of drug-likeness (QED) is 0.621. The zero-order valence-electron chi connectivity index (χ0n) is 13.8. The second-order valence-corrected chi connectivity index (χ2v) is 6.45. The van der Waals surface area contributed by atoms with Crippen molar-refractivity contribution in [3.8, 4) is 0 Å². The molecule has 0 radical (unpaired) electrons. The molecule has 1 aliphatic heterocycles. The molecule has 0 bridgehead atoms. The third-order valence-electron chi connectivity index (χ3n) is 4.39. The average Bonchev–Trinajstić information content (AvgIpc) is 2.61. The van der Waals surface area contributed by atoms with Crippen molar-refractivity contribution in [1.29, 1.82) is 0 Å². The van der Waals surface area contributed by atoms with Crippen molar-refractivity contribution in [2.45, 2.75) is 6.92 Å². The number of hydrogen-bond acceptors (Lipinski definition) is 4. The summed E-state index contributed by atoms with van der Waals surface area (Å²) in [6, 6.07) is 12.3. The molecule has 0 spiro atoms. The lowest BCUT2D eigenvalue weighted by molar-refractivity contribution is -0.385. The minimum Gasteiger partial charge on any atom is -0.368 e. The predicted molar refractivity (Wildman–Crippen MR) is 97.4 cm³/mol. The van der Waals surface area contributed by atoms with Crippen LogP contribution in [0.15, 0.2) is 42.5 Å². The lowest BCUT2D eigenvalue weighted by Gasteiger charge is -2.36. The highest BCUT2D eigenvalue weighted by Crippen LogP contribution is 2.23. The fraction of sp³-hybridized carbons (Fsp3) is 0.278. The fourth-order valence-corrected chi connectivity index (χ4v) is 3.15. The number of carbonyl (C=O) groups excluding carboxylic acids is 1. The van der Waals surface area contributed by atoms with Gasteiger partial charge in [-0.05, 0) is 31.2 Å². The highest BCUT2D eigenvalue weighted by atomic mass is 35.5. The maximum atomic E-state index is 12.6. The summed E-state index contributed by atoms with van der Waals surface area (Å²) in [5.74, 6) is -0.172. The van der Waals surface area contributed by atoms with E-state index >= 15 is 0 Å². The van der Waals surface area contributed by atoms with Crippen molar-refractivity contribution in [1.82, 2.24) is 4.90 Å². The van der Waals surface area contributed by atoms with E-state index in [2.05, 4.69) is 4.90 Å². The summed E-state index contributed by atoms with van der Waals surface area (Å²) in [5.41, 5.74) is 1.91. The Kier molecular flexibility index (Phi) is 4.90. The SMILES string of the molecule is Cc1ccc(C(=O)N2CCN(c3cccc(Cl)c3)CC2)cc1[N+](=O)[O-]. The first kappa shape index (κ1) is 17.2. The van der Waals surface area contributed by atoms with E-state index in [1.807, 2.05) is 24.3 Å². The molecule has 0 atom stereocenters. The van der Waals surface area contributed by atoms with E-state index in [0.29, 0.717) is 42.3 Å². The molecule has 2 aromatic carbocycles. The Bertz CT molecular complexity index is 817. The lowest BCUT2D eigenvalue weighted by atomic mass is 10.1. The number of nitro benzene ring substituents is 1. The van der Waals surface area contributed by atoms with Crippen molar-refractivity contribution < 1.29 is 9.72 Å². The van der Waals surface area contributed by atoms with Crippen LogP contribution in [0.4, 0.5) is 11.4 Å². The lowest BCUT2D eigenvalue weighted by Crippen LogP contribution is -2.48. The van der Waals surface area contributed by atoms with E-state index in [1.165, 1.54) is 6.07 Å². The van der Waals surface area contributed by atoms with Crippen molar-refractivity contribution in [2.24, 2.45) is 0 Å². The summed E-state index contributed by atoms with van der Waals surface area (Å²) in [7, 11) is 0. The predicted octanol–water partition coefficient (Wildman–Crippen LogP) is 3.52. The number of amides is 1. The maximum Gasteiger partial charge on any atom is 0.273 e. The number of nitrogens with zero attached hydrogens (tertiary/aromatic N) is 3. The van der Waals surface area contributed by atoms with Crippen LogP contribution < -0.4 is 4.90 Å². The van der Waals surface area contributed by atoms with Gasteiger partial charge in [-0.25, -0.2) is 0 Å². The Morgan fingerprint density at radius 2 is 1.84 bits per heavy atom. The zero-order chi connectivity index (χ0) is 18.0. The number of nitro groups is 1. The normalized spacial score (nSPS) is 14.5. The van der Waals surface area contributed by atoms with Crippen molar-refractivity contribution in [3.63, 3.8) is 0 Å². The number of anilines is 1. The molecule has 0 N–H and O–H groups in total. The Morgan fingerprint density at radius 3 is 2.48 bits per heavy atom. The summed E-state index contributed by atoms with van der Waals surface area (Å²) >= 11 is 6.03. The van der Waals surface area contributed by atoms with Crippen LogP contribution >= 0.6 is 11.6 Å². The summed E-state index contributed by atoms with van der Waals surface area (Å²) in [5, 5.41) is 11.7. The molecule has 1 fully saturated rings. The number of benzene rings is 2. The largest absolute Gasteiger partial charge is 0.368 e. The van der Waals surface area contributed by atoms with Gasteiger partial charge >= 0.3 is 0 Å². The van der Waals surface area contributed by atoms with E-state index in [-0.39, 0.29) is 11.6 Å². The summed E-state index contributed by atoms with van der Waals surface area (Å²) in [6.45, 7) is 4.18. The van der Waals surface area contributed by atoms with Gasteiger partial charge in [-0.1, -0.05) is 23.7 Å². The minimum atomic E-state index is -0.455. The molecular formula is C18H18ClN3O3. The van der Waals surface area contributed by atoms with Crippen LogP contribution in [0.25, 0.3) is 0 Å². The maximum absolute atomic E-state index is 12.6. The van der Waals surface area contributed by atoms with Gasteiger partial charge in [0.2, 0.25) is 0 Å². The molecule has 6 nitrogen and oxygen atoms in total. The second kappa shape index (κ2) is 7.11. The third-order valence-corrected chi connectivity index (χ3v) is 4.63. The summed E-state index contributed by atoms with van der Waals surface area (Å²) in [4.78, 5) is 27.2. The van der Waals surface area contributed by atoms with Crippen LogP contribution in [0.1, 0.15) is 15.9 Å². The van der Waals surface area contributed by atoms with Gasteiger partial charge in [0.15, 0.2) is 0 Å². The van der Waals surface area contributed by atoms with E-state index in [0.717, 1.165) is 5.69 Å². The molecule has 1 saturated heterocycles. The van der Waals surface area contributed by atoms with Gasteiger partial charge in [0.25, 0.3) is 11.6 Å². The van der Waals surface area contributed by atoms with Crippen molar-refractivity contribution in [2.75, 3.05) is 31.1 Å².